The zero-order valence-electron chi connectivity index (χ0n) is 19.2. The Morgan fingerprint density at radius 1 is 1.17 bits per heavy atom. The van der Waals surface area contributed by atoms with Crippen LogP contribution in [0, 0.1) is 6.92 Å². The van der Waals surface area contributed by atoms with E-state index in [1.807, 2.05) is 31.2 Å². The summed E-state index contributed by atoms with van der Waals surface area (Å²) in [4.78, 5) is 23.2. The molecule has 0 radical (unpaired) electrons. The molecule has 2 N–H and O–H groups in total. The van der Waals surface area contributed by atoms with Crippen molar-refractivity contribution in [3.63, 3.8) is 0 Å². The van der Waals surface area contributed by atoms with Crippen LogP contribution < -0.4 is 10.2 Å². The van der Waals surface area contributed by atoms with Crippen molar-refractivity contribution < 1.29 is 17.9 Å². The average molecular weight is 511 g/mol. The van der Waals surface area contributed by atoms with Gasteiger partial charge in [0.05, 0.1) is 24.3 Å². The van der Waals surface area contributed by atoms with Crippen molar-refractivity contribution in [2.24, 2.45) is 0 Å². The number of benzene rings is 2. The highest BCUT2D eigenvalue weighted by atomic mass is 32.2. The van der Waals surface area contributed by atoms with E-state index in [1.165, 1.54) is 11.3 Å². The quantitative estimate of drug-likeness (QED) is 0.392. The fraction of sp³-hybridized carbons (Fsp3) is 0.280. The van der Waals surface area contributed by atoms with Crippen LogP contribution in [0.1, 0.15) is 11.1 Å². The van der Waals surface area contributed by atoms with Gasteiger partial charge in [-0.25, -0.2) is 13.4 Å². The number of H-pyrrole nitrogens is 1. The summed E-state index contributed by atoms with van der Waals surface area (Å²) in [6.45, 7) is 4.67. The van der Waals surface area contributed by atoms with Gasteiger partial charge in [-0.15, -0.1) is 0 Å². The first-order valence-electron chi connectivity index (χ1n) is 11.4. The number of para-hydroxylation sites is 1. The molecule has 4 aromatic rings. The second-order valence-corrected chi connectivity index (χ2v) is 11.6. The van der Waals surface area contributed by atoms with Crippen molar-refractivity contribution in [3.8, 4) is 0 Å². The lowest BCUT2D eigenvalue weighted by Crippen LogP contribution is -2.37. The Morgan fingerprint density at radius 2 is 1.91 bits per heavy atom. The topological polar surface area (TPSA) is 104 Å². The second kappa shape index (κ2) is 9.80. The Kier molecular flexibility index (Phi) is 6.59. The molecule has 35 heavy (non-hydrogen) atoms. The van der Waals surface area contributed by atoms with Crippen LogP contribution in [0.4, 0.5) is 10.1 Å². The van der Waals surface area contributed by atoms with E-state index in [1.54, 1.807) is 36.7 Å². The van der Waals surface area contributed by atoms with Crippen LogP contribution in [0.15, 0.2) is 65.8 Å². The van der Waals surface area contributed by atoms with Gasteiger partial charge in [0, 0.05) is 36.6 Å². The lowest BCUT2D eigenvalue weighted by atomic mass is 10.1. The zero-order chi connectivity index (χ0) is 24.4. The third kappa shape index (κ3) is 4.95. The van der Waals surface area contributed by atoms with Gasteiger partial charge in [0.1, 0.15) is 10.3 Å². The summed E-state index contributed by atoms with van der Waals surface area (Å²) in [6, 6.07) is 14.2. The standard InChI is InChI=1S/C25H26N4O4S2/c1-17-6-8-19(9-7-17)35(31,32)22(14-18-15-26-21-5-3-2-4-20(18)21)24(30)28-25-27-16-23(34-25)29-10-12-33-13-11-29/h2-9,15-16,22,26H,10-14H2,1H3,(H,27,28,30)/t22-/m0/s1. The van der Waals surface area contributed by atoms with Crippen LogP contribution in [0.5, 0.6) is 0 Å². The maximum absolute atomic E-state index is 13.7. The summed E-state index contributed by atoms with van der Waals surface area (Å²) < 4.78 is 32.8. The van der Waals surface area contributed by atoms with Gasteiger partial charge in [-0.1, -0.05) is 47.2 Å². The van der Waals surface area contributed by atoms with Crippen molar-refractivity contribution in [1.82, 2.24) is 9.97 Å². The molecule has 2 aromatic carbocycles. The molecule has 10 heteroatoms. The number of ether oxygens (including phenoxy) is 1. The Bertz CT molecular complexity index is 1440. The van der Waals surface area contributed by atoms with Crippen LogP contribution in [0.3, 0.4) is 0 Å². The molecular weight excluding hydrogens is 484 g/mol. The van der Waals surface area contributed by atoms with Crippen LogP contribution in [-0.4, -0.2) is 55.8 Å². The number of thiazole rings is 1. The van der Waals surface area contributed by atoms with Crippen LogP contribution in [0.25, 0.3) is 10.9 Å². The van der Waals surface area contributed by atoms with Crippen molar-refractivity contribution in [1.29, 1.82) is 0 Å². The molecule has 1 saturated heterocycles. The summed E-state index contributed by atoms with van der Waals surface area (Å²) in [6.07, 6.45) is 3.51. The van der Waals surface area contributed by atoms with E-state index in [0.29, 0.717) is 18.3 Å². The lowest BCUT2D eigenvalue weighted by Gasteiger charge is -2.26. The number of aryl methyl sites for hydroxylation is 1. The van der Waals surface area contributed by atoms with Crippen LogP contribution >= 0.6 is 11.3 Å². The van der Waals surface area contributed by atoms with Gasteiger partial charge in [0.15, 0.2) is 15.0 Å². The molecule has 0 aliphatic carbocycles. The average Bonchev–Trinajstić information content (AvgIpc) is 3.50. The number of fused-ring (bicyclic) bond motifs is 1. The van der Waals surface area contributed by atoms with Gasteiger partial charge in [-0.2, -0.15) is 0 Å². The maximum atomic E-state index is 13.7. The third-order valence-corrected chi connectivity index (χ3v) is 9.18. The molecular formula is C25H26N4O4S2. The first kappa shape index (κ1) is 23.5. The number of anilines is 2. The Labute approximate surface area is 207 Å². The number of carbonyl (C=O) groups is 1. The molecule has 8 nitrogen and oxygen atoms in total. The smallest absolute Gasteiger partial charge is 0.245 e. The first-order chi connectivity index (χ1) is 16.9. The lowest BCUT2D eigenvalue weighted by molar-refractivity contribution is -0.115. The number of aromatic nitrogens is 2. The van der Waals surface area contributed by atoms with E-state index >= 15 is 0 Å². The molecule has 1 fully saturated rings. The van der Waals surface area contributed by atoms with Gasteiger partial charge in [-0.3, -0.25) is 4.79 Å². The molecule has 2 aromatic heterocycles. The Hall–Kier alpha value is -3.21. The molecule has 0 saturated carbocycles. The Morgan fingerprint density at radius 3 is 2.69 bits per heavy atom. The molecule has 1 aliphatic heterocycles. The van der Waals surface area contributed by atoms with E-state index in [-0.39, 0.29) is 11.3 Å². The number of hydrogen-bond donors (Lipinski definition) is 2. The van der Waals surface area contributed by atoms with E-state index in [4.69, 9.17) is 4.74 Å². The van der Waals surface area contributed by atoms with Gasteiger partial charge in [-0.05, 0) is 30.7 Å². The number of aromatic amines is 1. The largest absolute Gasteiger partial charge is 0.378 e. The number of nitrogens with zero attached hydrogens (tertiary/aromatic N) is 2. The molecule has 0 unspecified atom stereocenters. The van der Waals surface area contributed by atoms with E-state index in [0.717, 1.165) is 40.1 Å². The van der Waals surface area contributed by atoms with Crippen LogP contribution in [0.2, 0.25) is 0 Å². The van der Waals surface area contributed by atoms with Crippen LogP contribution in [-0.2, 0) is 25.8 Å². The molecule has 3 heterocycles. The monoisotopic (exact) mass is 510 g/mol. The number of hydrogen-bond acceptors (Lipinski definition) is 7. The summed E-state index contributed by atoms with van der Waals surface area (Å²) in [5, 5.41) is 3.64. The molecule has 182 valence electrons. The highest BCUT2D eigenvalue weighted by Gasteiger charge is 2.35. The van der Waals surface area contributed by atoms with Crippen molar-refractivity contribution in [2.75, 3.05) is 36.5 Å². The number of rotatable bonds is 7. The minimum absolute atomic E-state index is 0.0355. The van der Waals surface area contributed by atoms with Gasteiger partial charge in [0.25, 0.3) is 0 Å². The minimum atomic E-state index is -3.97. The summed E-state index contributed by atoms with van der Waals surface area (Å²) >= 11 is 1.33. The minimum Gasteiger partial charge on any atom is -0.378 e. The van der Waals surface area contributed by atoms with Crippen molar-refractivity contribution in [3.05, 3.63) is 72.1 Å². The molecule has 1 atom stereocenters. The number of morpholine rings is 1. The number of nitrogens with one attached hydrogen (secondary N) is 2. The number of carbonyl (C=O) groups excluding carboxylic acids is 1. The predicted octanol–water partition coefficient (Wildman–Crippen LogP) is 3.79. The normalized spacial score (nSPS) is 15.3. The SMILES string of the molecule is Cc1ccc(S(=O)(=O)[C@@H](Cc2c[nH]c3ccccc23)C(=O)Nc2ncc(N3CCOCC3)s2)cc1. The van der Waals surface area contributed by atoms with E-state index < -0.39 is 21.0 Å². The molecule has 0 bridgehead atoms. The highest BCUT2D eigenvalue weighted by molar-refractivity contribution is 7.92. The van der Waals surface area contributed by atoms with Crippen molar-refractivity contribution >= 4 is 48.1 Å². The maximum Gasteiger partial charge on any atom is 0.245 e. The first-order valence-corrected chi connectivity index (χ1v) is 13.7. The second-order valence-electron chi connectivity index (χ2n) is 8.50. The third-order valence-electron chi connectivity index (χ3n) is 6.14. The molecule has 0 spiro atoms. The van der Waals surface area contributed by atoms with E-state index in [9.17, 15) is 13.2 Å². The predicted molar refractivity (Wildman–Crippen MR) is 138 cm³/mol. The number of amides is 1. The fourth-order valence-corrected chi connectivity index (χ4v) is 6.63. The van der Waals surface area contributed by atoms with Gasteiger partial charge >= 0.3 is 0 Å². The summed E-state index contributed by atoms with van der Waals surface area (Å²) in [5.74, 6) is -0.598. The highest BCUT2D eigenvalue weighted by Crippen LogP contribution is 2.30. The van der Waals surface area contributed by atoms with Gasteiger partial charge in [0.2, 0.25) is 5.91 Å². The zero-order valence-corrected chi connectivity index (χ0v) is 20.9. The fourth-order valence-electron chi connectivity index (χ4n) is 4.17. The van der Waals surface area contributed by atoms with E-state index in [2.05, 4.69) is 20.2 Å². The Balaban J connectivity index is 1.45. The summed E-state index contributed by atoms with van der Waals surface area (Å²) in [5.41, 5.74) is 2.61. The molecule has 1 amide bonds. The summed E-state index contributed by atoms with van der Waals surface area (Å²) in [7, 11) is -3.97. The molecule has 5 rings (SSSR count). The number of sulfone groups is 1. The van der Waals surface area contributed by atoms with Gasteiger partial charge < -0.3 is 19.9 Å². The molecule has 1 aliphatic rings. The van der Waals surface area contributed by atoms with Crippen molar-refractivity contribution in [2.45, 2.75) is 23.5 Å².